The number of carbonyl (C=O) groups excluding carboxylic acids is 1. The smallest absolute Gasteiger partial charge is 0.344 e. The second-order valence-corrected chi connectivity index (χ2v) is 7.34. The third-order valence-corrected chi connectivity index (χ3v) is 5.64. The van der Waals surface area contributed by atoms with E-state index in [1.165, 1.54) is 17.8 Å². The van der Waals surface area contributed by atoms with Gasteiger partial charge in [-0.1, -0.05) is 42.1 Å². The fourth-order valence-electron chi connectivity index (χ4n) is 3.27. The van der Waals surface area contributed by atoms with Crippen LogP contribution in [0.3, 0.4) is 0 Å². The van der Waals surface area contributed by atoms with Gasteiger partial charge in [0.15, 0.2) is 0 Å². The third kappa shape index (κ3) is 2.44. The number of carbonyl (C=O) groups is 1. The van der Waals surface area contributed by atoms with E-state index in [4.69, 9.17) is 4.74 Å². The van der Waals surface area contributed by atoms with E-state index >= 15 is 0 Å². The van der Waals surface area contributed by atoms with Crippen molar-refractivity contribution in [2.24, 2.45) is 0 Å². The van der Waals surface area contributed by atoms with Crippen molar-refractivity contribution in [3.8, 4) is 11.1 Å². The standard InChI is InChI=1S/C20H16FNO3S/c1-3-25-20(24)17-18(23)14-9-15(21)13(12-7-5-4-6-8-12)10-16(14)22-11(2)26-19(17)22/h4-11H,3H2,1-2H3. The Labute approximate surface area is 153 Å². The van der Waals surface area contributed by atoms with Gasteiger partial charge in [0, 0.05) is 10.9 Å². The molecule has 0 N–H and O–H groups in total. The molecule has 4 rings (SSSR count). The van der Waals surface area contributed by atoms with Crippen LogP contribution < -0.4 is 5.43 Å². The number of halogens is 1. The Balaban J connectivity index is 2.03. The summed E-state index contributed by atoms with van der Waals surface area (Å²) in [6.45, 7) is 3.84. The summed E-state index contributed by atoms with van der Waals surface area (Å²) in [7, 11) is 0. The van der Waals surface area contributed by atoms with Crippen LogP contribution in [0.5, 0.6) is 0 Å². The molecule has 2 aromatic carbocycles. The maximum absolute atomic E-state index is 14.7. The van der Waals surface area contributed by atoms with E-state index in [2.05, 4.69) is 0 Å². The van der Waals surface area contributed by atoms with Crippen LogP contribution in [0.15, 0.2) is 52.3 Å². The highest BCUT2D eigenvalue weighted by Crippen LogP contribution is 2.46. The molecule has 3 aromatic rings. The fraction of sp³-hybridized carbons (Fsp3) is 0.200. The summed E-state index contributed by atoms with van der Waals surface area (Å²) in [6, 6.07) is 12.1. The number of benzene rings is 2. The SMILES string of the molecule is CCOC(=O)c1c2n(c3cc(-c4ccccc4)c(F)cc3c1=O)C(C)S2. The molecular formula is C20H16FNO3S. The van der Waals surface area contributed by atoms with Crippen LogP contribution in [0.1, 0.15) is 29.6 Å². The van der Waals surface area contributed by atoms with Crippen LogP contribution in [0.4, 0.5) is 4.39 Å². The minimum atomic E-state index is -0.657. The molecule has 0 saturated carbocycles. The van der Waals surface area contributed by atoms with Gasteiger partial charge in [-0.2, -0.15) is 0 Å². The molecular weight excluding hydrogens is 353 g/mol. The van der Waals surface area contributed by atoms with Crippen LogP contribution in [-0.2, 0) is 4.74 Å². The van der Waals surface area contributed by atoms with Gasteiger partial charge in [-0.25, -0.2) is 9.18 Å². The van der Waals surface area contributed by atoms with E-state index in [0.717, 1.165) is 5.56 Å². The predicted octanol–water partition coefficient (Wildman–Crippen LogP) is 4.61. The highest BCUT2D eigenvalue weighted by atomic mass is 32.2. The Kier molecular flexibility index (Phi) is 4.07. The molecule has 2 heterocycles. The van der Waals surface area contributed by atoms with E-state index < -0.39 is 17.2 Å². The lowest BCUT2D eigenvalue weighted by molar-refractivity contribution is 0.0518. The molecule has 0 saturated heterocycles. The van der Waals surface area contributed by atoms with Crippen LogP contribution in [0, 0.1) is 5.82 Å². The van der Waals surface area contributed by atoms with Crippen molar-refractivity contribution < 1.29 is 13.9 Å². The summed E-state index contributed by atoms with van der Waals surface area (Å²) in [5, 5.41) is 0.829. The summed E-state index contributed by atoms with van der Waals surface area (Å²) in [4.78, 5) is 25.1. The number of fused-ring (bicyclic) bond motifs is 3. The van der Waals surface area contributed by atoms with Gasteiger partial charge in [0.2, 0.25) is 5.43 Å². The maximum Gasteiger partial charge on any atom is 0.344 e. The second kappa shape index (κ2) is 6.29. The first-order chi connectivity index (χ1) is 12.5. The largest absolute Gasteiger partial charge is 0.462 e. The summed E-state index contributed by atoms with van der Waals surface area (Å²) < 4.78 is 21.7. The maximum atomic E-state index is 14.7. The van der Waals surface area contributed by atoms with E-state index in [9.17, 15) is 14.0 Å². The Morgan fingerprint density at radius 1 is 1.27 bits per heavy atom. The second-order valence-electron chi connectivity index (χ2n) is 6.03. The van der Waals surface area contributed by atoms with Crippen molar-refractivity contribution in [3.05, 3.63) is 64.1 Å². The van der Waals surface area contributed by atoms with Gasteiger partial charge in [-0.3, -0.25) is 4.79 Å². The lowest BCUT2D eigenvalue weighted by atomic mass is 10.0. The molecule has 1 unspecified atom stereocenters. The Hall–Kier alpha value is -2.60. The molecule has 6 heteroatoms. The molecule has 4 nitrogen and oxygen atoms in total. The van der Waals surface area contributed by atoms with Gasteiger partial charge in [0.1, 0.15) is 11.4 Å². The third-order valence-electron chi connectivity index (χ3n) is 4.46. The number of aromatic nitrogens is 1. The zero-order chi connectivity index (χ0) is 18.4. The van der Waals surface area contributed by atoms with Gasteiger partial charge in [0.25, 0.3) is 0 Å². The van der Waals surface area contributed by atoms with Crippen molar-refractivity contribution in [3.63, 3.8) is 0 Å². The minimum absolute atomic E-state index is 0.00527. The van der Waals surface area contributed by atoms with Crippen molar-refractivity contribution >= 4 is 28.6 Å². The molecule has 0 fully saturated rings. The van der Waals surface area contributed by atoms with Crippen molar-refractivity contribution in [2.45, 2.75) is 24.2 Å². The normalized spacial score (nSPS) is 15.4. The van der Waals surface area contributed by atoms with E-state index in [1.807, 2.05) is 41.8 Å². The molecule has 26 heavy (non-hydrogen) atoms. The number of hydrogen-bond acceptors (Lipinski definition) is 4. The minimum Gasteiger partial charge on any atom is -0.462 e. The van der Waals surface area contributed by atoms with Gasteiger partial charge in [-0.05, 0) is 31.5 Å². The lowest BCUT2D eigenvalue weighted by Crippen LogP contribution is -2.29. The first-order valence-corrected chi connectivity index (χ1v) is 9.21. The van der Waals surface area contributed by atoms with Gasteiger partial charge >= 0.3 is 5.97 Å². The monoisotopic (exact) mass is 369 g/mol. The van der Waals surface area contributed by atoms with E-state index in [0.29, 0.717) is 16.1 Å². The number of thioether (sulfide) groups is 1. The highest BCUT2D eigenvalue weighted by Gasteiger charge is 2.33. The summed E-state index contributed by atoms with van der Waals surface area (Å²) in [5.41, 5.74) is 1.31. The Bertz CT molecular complexity index is 1090. The molecule has 132 valence electrons. The molecule has 0 aliphatic carbocycles. The highest BCUT2D eigenvalue weighted by molar-refractivity contribution is 8.00. The van der Waals surface area contributed by atoms with E-state index in [1.54, 1.807) is 13.0 Å². The fourth-order valence-corrected chi connectivity index (χ4v) is 4.42. The summed E-state index contributed by atoms with van der Waals surface area (Å²) in [5.74, 6) is -1.15. The quantitative estimate of drug-likeness (QED) is 0.633. The Morgan fingerprint density at radius 3 is 2.65 bits per heavy atom. The van der Waals surface area contributed by atoms with Crippen LogP contribution in [-0.4, -0.2) is 17.1 Å². The van der Waals surface area contributed by atoms with Crippen molar-refractivity contribution in [2.75, 3.05) is 6.61 Å². The molecule has 0 radical (unpaired) electrons. The number of rotatable bonds is 3. The molecule has 0 spiro atoms. The molecule has 1 aliphatic rings. The van der Waals surface area contributed by atoms with Crippen LogP contribution in [0.2, 0.25) is 0 Å². The number of ether oxygens (including phenoxy) is 1. The topological polar surface area (TPSA) is 48.3 Å². The zero-order valence-electron chi connectivity index (χ0n) is 14.3. The zero-order valence-corrected chi connectivity index (χ0v) is 15.1. The summed E-state index contributed by atoms with van der Waals surface area (Å²) in [6.07, 6.45) is 0. The van der Waals surface area contributed by atoms with Crippen molar-refractivity contribution in [1.82, 2.24) is 4.57 Å². The average Bonchev–Trinajstić information content (AvgIpc) is 2.62. The van der Waals surface area contributed by atoms with Crippen LogP contribution >= 0.6 is 11.8 Å². The molecule has 0 amide bonds. The molecule has 1 aliphatic heterocycles. The first-order valence-electron chi connectivity index (χ1n) is 8.34. The average molecular weight is 369 g/mol. The van der Waals surface area contributed by atoms with Gasteiger partial charge in [0.05, 0.1) is 22.5 Å². The lowest BCUT2D eigenvalue weighted by Gasteiger charge is -2.33. The number of hydrogen-bond donors (Lipinski definition) is 0. The Morgan fingerprint density at radius 2 is 2.00 bits per heavy atom. The van der Waals surface area contributed by atoms with E-state index in [-0.39, 0.29) is 22.9 Å². The molecule has 0 bridgehead atoms. The number of esters is 1. The van der Waals surface area contributed by atoms with Gasteiger partial charge in [-0.15, -0.1) is 0 Å². The number of nitrogens with zero attached hydrogens (tertiary/aromatic N) is 1. The van der Waals surface area contributed by atoms with Gasteiger partial charge < -0.3 is 9.30 Å². The molecule has 1 atom stereocenters. The van der Waals surface area contributed by atoms with Crippen molar-refractivity contribution in [1.29, 1.82) is 0 Å². The van der Waals surface area contributed by atoms with Crippen LogP contribution in [0.25, 0.3) is 22.0 Å². The predicted molar refractivity (Wildman–Crippen MR) is 100 cm³/mol. The summed E-state index contributed by atoms with van der Waals surface area (Å²) >= 11 is 1.44. The number of pyridine rings is 1. The first kappa shape index (κ1) is 16.8. The molecule has 1 aromatic heterocycles.